The summed E-state index contributed by atoms with van der Waals surface area (Å²) in [6, 6.07) is 5.77. The fourth-order valence-electron chi connectivity index (χ4n) is 3.16. The van der Waals surface area contributed by atoms with Gasteiger partial charge in [0.05, 0.1) is 0 Å². The molecule has 1 fully saturated rings. The summed E-state index contributed by atoms with van der Waals surface area (Å²) in [6.07, 6.45) is 6.86. The molecule has 0 radical (unpaired) electrons. The Hall–Kier alpha value is -2.70. The first-order valence-corrected chi connectivity index (χ1v) is 8.47. The van der Waals surface area contributed by atoms with Crippen LogP contribution in [0.4, 0.5) is 5.82 Å². The van der Waals surface area contributed by atoms with Crippen LogP contribution in [0.3, 0.4) is 0 Å². The third kappa shape index (κ3) is 4.04. The van der Waals surface area contributed by atoms with Crippen molar-refractivity contribution in [2.24, 2.45) is 0 Å². The second-order valence-electron chi connectivity index (χ2n) is 6.55. The lowest BCUT2D eigenvalue weighted by Gasteiger charge is -2.33. The van der Waals surface area contributed by atoms with Crippen LogP contribution in [-0.2, 0) is 11.3 Å². The van der Waals surface area contributed by atoms with Gasteiger partial charge in [-0.3, -0.25) is 9.36 Å². The molecule has 1 amide bonds. The van der Waals surface area contributed by atoms with Crippen LogP contribution in [0.25, 0.3) is 0 Å². The molecule has 1 saturated heterocycles. The van der Waals surface area contributed by atoms with Gasteiger partial charge >= 0.3 is 5.69 Å². The van der Waals surface area contributed by atoms with Crippen LogP contribution >= 0.6 is 0 Å². The quantitative estimate of drug-likeness (QED) is 0.833. The predicted molar refractivity (Wildman–Crippen MR) is 95.6 cm³/mol. The Balaban J connectivity index is 1.70. The summed E-state index contributed by atoms with van der Waals surface area (Å²) in [5.41, 5.74) is 0.809. The van der Waals surface area contributed by atoms with Crippen LogP contribution in [0.1, 0.15) is 24.3 Å². The van der Waals surface area contributed by atoms with Gasteiger partial charge in [-0.2, -0.15) is 0 Å². The zero-order valence-corrected chi connectivity index (χ0v) is 14.6. The number of nitrogens with zero attached hydrogens (tertiary/aromatic N) is 5. The van der Waals surface area contributed by atoms with Crippen LogP contribution in [0.5, 0.6) is 0 Å². The number of piperidine rings is 1. The number of anilines is 1. The molecule has 0 bridgehead atoms. The molecule has 0 saturated carbocycles. The van der Waals surface area contributed by atoms with E-state index in [0.717, 1.165) is 25.2 Å². The summed E-state index contributed by atoms with van der Waals surface area (Å²) in [5, 5.41) is 0. The van der Waals surface area contributed by atoms with Gasteiger partial charge in [-0.25, -0.2) is 14.8 Å². The van der Waals surface area contributed by atoms with Crippen molar-refractivity contribution in [3.8, 4) is 0 Å². The highest BCUT2D eigenvalue weighted by Gasteiger charge is 2.25. The summed E-state index contributed by atoms with van der Waals surface area (Å²) in [4.78, 5) is 36.2. The molecule has 2 aromatic heterocycles. The van der Waals surface area contributed by atoms with Crippen molar-refractivity contribution in [1.82, 2.24) is 19.4 Å². The highest BCUT2D eigenvalue weighted by atomic mass is 16.2. The standard InChI is InChI=1S/C18H23N5O2/c1-21(2)16-11-14(6-8-19-16)15-5-3-9-22(12-15)17(24)13-23-10-4-7-20-18(23)25/h4,6-8,10-11,15H,3,5,9,12-13H2,1-2H3/t15-/m0/s1. The fourth-order valence-corrected chi connectivity index (χ4v) is 3.16. The van der Waals surface area contributed by atoms with Gasteiger partial charge in [0.2, 0.25) is 5.91 Å². The van der Waals surface area contributed by atoms with Crippen LogP contribution in [0.2, 0.25) is 0 Å². The fraction of sp³-hybridized carbons (Fsp3) is 0.444. The SMILES string of the molecule is CN(C)c1cc([C@H]2CCCN(C(=O)Cn3cccnc3=O)C2)ccn1. The summed E-state index contributed by atoms with van der Waals surface area (Å²) in [6.45, 7) is 1.44. The number of carbonyl (C=O) groups excluding carboxylic acids is 1. The molecule has 0 aromatic carbocycles. The zero-order valence-electron chi connectivity index (χ0n) is 14.6. The third-order valence-electron chi connectivity index (χ3n) is 4.56. The monoisotopic (exact) mass is 341 g/mol. The van der Waals surface area contributed by atoms with Gasteiger partial charge in [0.1, 0.15) is 12.4 Å². The Bertz CT molecular complexity index is 802. The van der Waals surface area contributed by atoms with Gasteiger partial charge in [-0.1, -0.05) is 0 Å². The molecule has 132 valence electrons. The number of pyridine rings is 1. The van der Waals surface area contributed by atoms with Crippen molar-refractivity contribution in [2.75, 3.05) is 32.1 Å². The molecular weight excluding hydrogens is 318 g/mol. The average molecular weight is 341 g/mol. The minimum atomic E-state index is -0.394. The second-order valence-corrected chi connectivity index (χ2v) is 6.55. The highest BCUT2D eigenvalue weighted by Crippen LogP contribution is 2.28. The first-order chi connectivity index (χ1) is 12.0. The maximum Gasteiger partial charge on any atom is 0.347 e. The van der Waals surface area contributed by atoms with E-state index >= 15 is 0 Å². The van der Waals surface area contributed by atoms with Crippen LogP contribution in [0.15, 0.2) is 41.6 Å². The molecule has 3 rings (SSSR count). The van der Waals surface area contributed by atoms with Gasteiger partial charge in [-0.15, -0.1) is 0 Å². The molecule has 25 heavy (non-hydrogen) atoms. The number of amides is 1. The van der Waals surface area contributed by atoms with E-state index in [9.17, 15) is 9.59 Å². The normalized spacial score (nSPS) is 17.4. The number of carbonyl (C=O) groups is 1. The summed E-state index contributed by atoms with van der Waals surface area (Å²) >= 11 is 0. The van der Waals surface area contributed by atoms with Gasteiger partial charge < -0.3 is 9.80 Å². The number of hydrogen-bond acceptors (Lipinski definition) is 5. The topological polar surface area (TPSA) is 71.3 Å². The van der Waals surface area contributed by atoms with E-state index in [2.05, 4.69) is 16.0 Å². The number of aromatic nitrogens is 3. The van der Waals surface area contributed by atoms with Crippen molar-refractivity contribution in [3.63, 3.8) is 0 Å². The van der Waals surface area contributed by atoms with Crippen molar-refractivity contribution in [2.45, 2.75) is 25.3 Å². The van der Waals surface area contributed by atoms with E-state index in [4.69, 9.17) is 0 Å². The molecule has 2 aromatic rings. The van der Waals surface area contributed by atoms with Crippen molar-refractivity contribution < 1.29 is 4.79 Å². The van der Waals surface area contributed by atoms with E-state index in [-0.39, 0.29) is 12.5 Å². The van der Waals surface area contributed by atoms with Gasteiger partial charge in [-0.05, 0) is 36.6 Å². The zero-order chi connectivity index (χ0) is 17.8. The molecule has 1 atom stereocenters. The van der Waals surface area contributed by atoms with E-state index < -0.39 is 5.69 Å². The molecule has 1 aliphatic heterocycles. The van der Waals surface area contributed by atoms with Gasteiger partial charge in [0, 0.05) is 51.7 Å². The smallest absolute Gasteiger partial charge is 0.347 e. The Kier molecular flexibility index (Phi) is 5.11. The number of likely N-dealkylation sites (tertiary alicyclic amines) is 1. The average Bonchev–Trinajstić information content (AvgIpc) is 2.64. The Labute approximate surface area is 146 Å². The lowest BCUT2D eigenvalue weighted by Crippen LogP contribution is -2.42. The van der Waals surface area contributed by atoms with E-state index in [1.54, 1.807) is 12.3 Å². The molecular formula is C18H23N5O2. The van der Waals surface area contributed by atoms with Crippen LogP contribution in [-0.4, -0.2) is 52.5 Å². The molecule has 0 aliphatic carbocycles. The van der Waals surface area contributed by atoms with Crippen LogP contribution < -0.4 is 10.6 Å². The summed E-state index contributed by atoms with van der Waals surface area (Å²) in [5.74, 6) is 1.18. The maximum absolute atomic E-state index is 12.6. The minimum Gasteiger partial charge on any atom is -0.363 e. The minimum absolute atomic E-state index is 0.0401. The molecule has 0 unspecified atom stereocenters. The first kappa shape index (κ1) is 17.1. The molecule has 7 heteroatoms. The molecule has 7 nitrogen and oxygen atoms in total. The highest BCUT2D eigenvalue weighted by molar-refractivity contribution is 5.76. The van der Waals surface area contributed by atoms with E-state index in [0.29, 0.717) is 12.5 Å². The van der Waals surface area contributed by atoms with Crippen molar-refractivity contribution in [3.05, 3.63) is 52.8 Å². The molecule has 0 N–H and O–H groups in total. The molecule has 3 heterocycles. The summed E-state index contributed by atoms with van der Waals surface area (Å²) < 4.78 is 1.35. The van der Waals surface area contributed by atoms with Gasteiger partial charge in [0.15, 0.2) is 0 Å². The maximum atomic E-state index is 12.6. The van der Waals surface area contributed by atoms with E-state index in [1.165, 1.54) is 16.3 Å². The van der Waals surface area contributed by atoms with Gasteiger partial charge in [0.25, 0.3) is 0 Å². The third-order valence-corrected chi connectivity index (χ3v) is 4.56. The number of rotatable bonds is 4. The predicted octanol–water partition coefficient (Wildman–Crippen LogP) is 1.11. The largest absolute Gasteiger partial charge is 0.363 e. The van der Waals surface area contributed by atoms with Crippen molar-refractivity contribution in [1.29, 1.82) is 0 Å². The Morgan fingerprint density at radius 1 is 1.32 bits per heavy atom. The Morgan fingerprint density at radius 2 is 2.16 bits per heavy atom. The lowest BCUT2D eigenvalue weighted by atomic mass is 9.91. The van der Waals surface area contributed by atoms with Crippen molar-refractivity contribution >= 4 is 11.7 Å². The number of hydrogen-bond donors (Lipinski definition) is 0. The summed E-state index contributed by atoms with van der Waals surface area (Å²) in [7, 11) is 3.93. The second kappa shape index (κ2) is 7.46. The molecule has 1 aliphatic rings. The first-order valence-electron chi connectivity index (χ1n) is 8.47. The Morgan fingerprint density at radius 3 is 2.92 bits per heavy atom. The van der Waals surface area contributed by atoms with Crippen LogP contribution in [0, 0.1) is 0 Å². The van der Waals surface area contributed by atoms with E-state index in [1.807, 2.05) is 36.2 Å². The molecule has 0 spiro atoms. The lowest BCUT2D eigenvalue weighted by molar-refractivity contribution is -0.133.